The van der Waals surface area contributed by atoms with Crippen LogP contribution in [0, 0.1) is 0 Å². The predicted molar refractivity (Wildman–Crippen MR) is 101 cm³/mol. The van der Waals surface area contributed by atoms with Gasteiger partial charge in [0.1, 0.15) is 12.3 Å². The van der Waals surface area contributed by atoms with Gasteiger partial charge in [0.15, 0.2) is 6.61 Å². The van der Waals surface area contributed by atoms with E-state index in [0.717, 1.165) is 5.56 Å². The molecule has 0 atom stereocenters. The Morgan fingerprint density at radius 1 is 1.04 bits per heavy atom. The summed E-state index contributed by atoms with van der Waals surface area (Å²) in [6.45, 7) is -0.787. The van der Waals surface area contributed by atoms with Gasteiger partial charge in [-0.2, -0.15) is 0 Å². The Hall–Kier alpha value is -3.06. The standard InChI is InChI=1S/C19H19ClN2O5/c1-26-16-8-7-14(10-15(16)20)22-18(24)12-27-19(25)11-21-17(23)9-13-5-3-2-4-6-13/h2-8,10H,9,11-12H2,1H3,(H,21,23)(H,22,24). The van der Waals surface area contributed by atoms with Gasteiger partial charge in [-0.25, -0.2) is 0 Å². The summed E-state index contributed by atoms with van der Waals surface area (Å²) >= 11 is 5.97. The van der Waals surface area contributed by atoms with Crippen molar-refractivity contribution < 1.29 is 23.9 Å². The van der Waals surface area contributed by atoms with Crippen molar-refractivity contribution >= 4 is 35.1 Å². The van der Waals surface area contributed by atoms with Crippen LogP contribution in [-0.4, -0.2) is 38.0 Å². The Morgan fingerprint density at radius 2 is 1.78 bits per heavy atom. The first-order chi connectivity index (χ1) is 13.0. The molecule has 2 aromatic rings. The molecular formula is C19H19ClN2O5. The molecule has 8 heteroatoms. The summed E-state index contributed by atoms with van der Waals surface area (Å²) in [4.78, 5) is 35.2. The van der Waals surface area contributed by atoms with Crippen LogP contribution in [0.1, 0.15) is 5.56 Å². The van der Waals surface area contributed by atoms with Crippen molar-refractivity contribution in [3.05, 3.63) is 59.1 Å². The summed E-state index contributed by atoms with van der Waals surface area (Å²) in [5.41, 5.74) is 1.28. The van der Waals surface area contributed by atoms with Crippen LogP contribution in [0.5, 0.6) is 5.75 Å². The molecule has 0 unspecified atom stereocenters. The van der Waals surface area contributed by atoms with Gasteiger partial charge >= 0.3 is 5.97 Å². The number of nitrogens with one attached hydrogen (secondary N) is 2. The molecule has 0 spiro atoms. The van der Waals surface area contributed by atoms with Crippen molar-refractivity contribution in [3.8, 4) is 5.75 Å². The maximum absolute atomic E-state index is 11.8. The average molecular weight is 391 g/mol. The van der Waals surface area contributed by atoms with Crippen molar-refractivity contribution in [1.29, 1.82) is 0 Å². The van der Waals surface area contributed by atoms with Crippen molar-refractivity contribution in [2.75, 3.05) is 25.6 Å². The number of methoxy groups -OCH3 is 1. The largest absolute Gasteiger partial charge is 0.495 e. The minimum Gasteiger partial charge on any atom is -0.495 e. The second-order valence-electron chi connectivity index (χ2n) is 5.50. The average Bonchev–Trinajstić information content (AvgIpc) is 2.66. The molecule has 0 saturated carbocycles. The molecule has 2 N–H and O–H groups in total. The van der Waals surface area contributed by atoms with Crippen molar-refractivity contribution in [2.45, 2.75) is 6.42 Å². The Balaban J connectivity index is 1.69. The van der Waals surface area contributed by atoms with Crippen LogP contribution in [0.25, 0.3) is 0 Å². The molecule has 2 aromatic carbocycles. The molecule has 0 heterocycles. The molecular weight excluding hydrogens is 372 g/mol. The molecule has 0 radical (unpaired) electrons. The van der Waals surface area contributed by atoms with Gasteiger partial charge in [0.2, 0.25) is 5.91 Å². The quantitative estimate of drug-likeness (QED) is 0.674. The number of carbonyl (C=O) groups excluding carboxylic acids is 3. The van der Waals surface area contributed by atoms with Crippen LogP contribution in [0.3, 0.4) is 0 Å². The third-order valence-electron chi connectivity index (χ3n) is 3.44. The SMILES string of the molecule is COc1ccc(NC(=O)COC(=O)CNC(=O)Cc2ccccc2)cc1Cl. The van der Waals surface area contributed by atoms with Gasteiger partial charge in [0, 0.05) is 5.69 Å². The van der Waals surface area contributed by atoms with Crippen LogP contribution in [0.4, 0.5) is 5.69 Å². The lowest BCUT2D eigenvalue weighted by Crippen LogP contribution is -2.33. The number of anilines is 1. The number of hydrogen-bond donors (Lipinski definition) is 2. The number of hydrogen-bond acceptors (Lipinski definition) is 5. The van der Waals surface area contributed by atoms with Gasteiger partial charge in [-0.05, 0) is 23.8 Å². The fourth-order valence-electron chi connectivity index (χ4n) is 2.15. The van der Waals surface area contributed by atoms with E-state index in [-0.39, 0.29) is 18.9 Å². The Bertz CT molecular complexity index is 811. The van der Waals surface area contributed by atoms with Gasteiger partial charge in [0.05, 0.1) is 18.6 Å². The fraction of sp³-hybridized carbons (Fsp3) is 0.211. The van der Waals surface area contributed by atoms with E-state index in [1.165, 1.54) is 13.2 Å². The zero-order valence-electron chi connectivity index (χ0n) is 14.7. The smallest absolute Gasteiger partial charge is 0.325 e. The lowest BCUT2D eigenvalue weighted by molar-refractivity contribution is -0.147. The zero-order valence-corrected chi connectivity index (χ0v) is 15.4. The molecule has 0 aliphatic carbocycles. The summed E-state index contributed by atoms with van der Waals surface area (Å²) in [5, 5.41) is 5.33. The summed E-state index contributed by atoms with van der Waals surface area (Å²) in [6, 6.07) is 13.9. The van der Waals surface area contributed by atoms with Crippen LogP contribution in [0.2, 0.25) is 5.02 Å². The van der Waals surface area contributed by atoms with Crippen LogP contribution in [0.15, 0.2) is 48.5 Å². The number of carbonyl (C=O) groups is 3. The highest BCUT2D eigenvalue weighted by Gasteiger charge is 2.11. The van der Waals surface area contributed by atoms with Crippen LogP contribution >= 0.6 is 11.6 Å². The molecule has 0 aliphatic rings. The van der Waals surface area contributed by atoms with Gasteiger partial charge in [-0.15, -0.1) is 0 Å². The second kappa shape index (κ2) is 10.2. The molecule has 27 heavy (non-hydrogen) atoms. The third-order valence-corrected chi connectivity index (χ3v) is 3.73. The Labute approximate surface area is 161 Å². The first kappa shape index (κ1) is 20.3. The topological polar surface area (TPSA) is 93.7 Å². The lowest BCUT2D eigenvalue weighted by Gasteiger charge is -2.09. The maximum Gasteiger partial charge on any atom is 0.325 e. The second-order valence-corrected chi connectivity index (χ2v) is 5.90. The highest BCUT2D eigenvalue weighted by atomic mass is 35.5. The normalized spacial score (nSPS) is 10.0. The monoisotopic (exact) mass is 390 g/mol. The van der Waals surface area contributed by atoms with Gasteiger partial charge < -0.3 is 20.1 Å². The minimum atomic E-state index is -0.709. The third kappa shape index (κ3) is 6.99. The van der Waals surface area contributed by atoms with Crippen molar-refractivity contribution in [1.82, 2.24) is 5.32 Å². The first-order valence-electron chi connectivity index (χ1n) is 8.07. The van der Waals surface area contributed by atoms with Crippen molar-refractivity contribution in [2.24, 2.45) is 0 Å². The number of amides is 2. The number of rotatable bonds is 8. The summed E-state index contributed by atoms with van der Waals surface area (Å²) in [6.07, 6.45) is 0.160. The van der Waals surface area contributed by atoms with Crippen molar-refractivity contribution in [3.63, 3.8) is 0 Å². The Kier molecular flexibility index (Phi) is 7.63. The molecule has 0 fully saturated rings. The Morgan fingerprint density at radius 3 is 2.44 bits per heavy atom. The van der Waals surface area contributed by atoms with E-state index in [1.807, 2.05) is 30.3 Å². The predicted octanol–water partition coefficient (Wildman–Crippen LogP) is 2.19. The fourth-order valence-corrected chi connectivity index (χ4v) is 2.41. The molecule has 0 aromatic heterocycles. The number of esters is 1. The zero-order chi connectivity index (χ0) is 19.6. The highest BCUT2D eigenvalue weighted by Crippen LogP contribution is 2.27. The first-order valence-corrected chi connectivity index (χ1v) is 8.45. The summed E-state index contributed by atoms with van der Waals surface area (Å²) < 4.78 is 9.85. The lowest BCUT2D eigenvalue weighted by atomic mass is 10.1. The van der Waals surface area contributed by atoms with E-state index >= 15 is 0 Å². The molecule has 0 saturated heterocycles. The van der Waals surface area contributed by atoms with Gasteiger partial charge in [0.25, 0.3) is 5.91 Å². The van der Waals surface area contributed by atoms with Crippen LogP contribution < -0.4 is 15.4 Å². The van der Waals surface area contributed by atoms with Gasteiger partial charge in [-0.1, -0.05) is 41.9 Å². The molecule has 142 valence electrons. The minimum absolute atomic E-state index is 0.160. The number of ether oxygens (including phenoxy) is 2. The van der Waals surface area contributed by atoms with Gasteiger partial charge in [-0.3, -0.25) is 14.4 Å². The van der Waals surface area contributed by atoms with E-state index in [0.29, 0.717) is 16.5 Å². The van der Waals surface area contributed by atoms with E-state index in [1.54, 1.807) is 12.1 Å². The maximum atomic E-state index is 11.8. The van der Waals surface area contributed by atoms with Crippen LogP contribution in [-0.2, 0) is 25.5 Å². The molecule has 7 nitrogen and oxygen atoms in total. The molecule has 0 bridgehead atoms. The van der Waals surface area contributed by atoms with E-state index in [4.69, 9.17) is 21.1 Å². The number of halogens is 1. The summed E-state index contributed by atoms with van der Waals surface area (Å²) in [5.74, 6) is -1.07. The van der Waals surface area contributed by atoms with E-state index < -0.39 is 18.5 Å². The highest BCUT2D eigenvalue weighted by molar-refractivity contribution is 6.32. The number of benzene rings is 2. The molecule has 2 amide bonds. The summed E-state index contributed by atoms with van der Waals surface area (Å²) in [7, 11) is 1.48. The molecule has 2 rings (SSSR count). The van der Waals surface area contributed by atoms with E-state index in [9.17, 15) is 14.4 Å². The molecule has 0 aliphatic heterocycles. The van der Waals surface area contributed by atoms with E-state index in [2.05, 4.69) is 10.6 Å².